The molecule has 0 bridgehead atoms. The van der Waals surface area contributed by atoms with Crippen molar-refractivity contribution in [3.8, 4) is 0 Å². The van der Waals surface area contributed by atoms with E-state index in [1.165, 1.54) is 12.5 Å². The molecule has 0 saturated carbocycles. The summed E-state index contributed by atoms with van der Waals surface area (Å²) >= 11 is 5.52. The monoisotopic (exact) mass is 213 g/mol. The topological polar surface area (TPSA) is 29.1 Å². The number of benzene rings is 1. The molecule has 0 saturated heterocycles. The summed E-state index contributed by atoms with van der Waals surface area (Å²) in [5.41, 5.74) is 2.41. The van der Waals surface area contributed by atoms with E-state index in [-0.39, 0.29) is 0 Å². The minimum atomic E-state index is 0.647. The Labute approximate surface area is 90.3 Å². The summed E-state index contributed by atoms with van der Waals surface area (Å²) in [6.07, 6.45) is 0.750. The van der Waals surface area contributed by atoms with Crippen molar-refractivity contribution in [1.29, 1.82) is 0 Å². The summed E-state index contributed by atoms with van der Waals surface area (Å²) in [5, 5.41) is 3.19. The average molecular weight is 214 g/mol. The number of hydrogen-bond acceptors (Lipinski definition) is 2. The second-order valence-electron chi connectivity index (χ2n) is 2.72. The van der Waals surface area contributed by atoms with Gasteiger partial charge in [-0.05, 0) is 26.0 Å². The predicted molar refractivity (Wildman–Crippen MR) is 62.1 cm³/mol. The van der Waals surface area contributed by atoms with Crippen LogP contribution in [0.5, 0.6) is 0 Å². The van der Waals surface area contributed by atoms with E-state index in [2.05, 4.69) is 36.5 Å². The molecule has 0 fully saturated rings. The lowest BCUT2D eigenvalue weighted by Gasteiger charge is -2.02. The number of aryl methyl sites for hydroxylation is 1. The number of carbonyl (C=O) groups excluding carboxylic acids is 1. The van der Waals surface area contributed by atoms with Gasteiger partial charge < -0.3 is 10.1 Å². The van der Waals surface area contributed by atoms with E-state index in [4.69, 9.17) is 16.4 Å². The number of rotatable bonds is 3. The first-order valence-corrected chi connectivity index (χ1v) is 5.04. The number of carbonyl (C=O) groups is 1. The maximum absolute atomic E-state index is 8.81. The Hall–Kier alpha value is -1.02. The fourth-order valence-electron chi connectivity index (χ4n) is 0.863. The zero-order valence-corrected chi connectivity index (χ0v) is 9.34. The van der Waals surface area contributed by atoms with Crippen LogP contribution in [-0.4, -0.2) is 18.7 Å². The third kappa shape index (κ3) is 6.49. The van der Waals surface area contributed by atoms with E-state index in [1.54, 1.807) is 0 Å². The van der Waals surface area contributed by atoms with Crippen molar-refractivity contribution in [2.24, 2.45) is 0 Å². The third-order valence-electron chi connectivity index (χ3n) is 1.48. The second kappa shape index (κ2) is 8.57. The van der Waals surface area contributed by atoms with E-state index in [1.807, 2.05) is 0 Å². The Morgan fingerprint density at radius 1 is 1.36 bits per heavy atom. The second-order valence-corrected chi connectivity index (χ2v) is 3.10. The van der Waals surface area contributed by atoms with Gasteiger partial charge in [0, 0.05) is 18.1 Å². The van der Waals surface area contributed by atoms with Gasteiger partial charge in [0.1, 0.15) is 6.29 Å². The molecule has 0 spiro atoms. The maximum Gasteiger partial charge on any atom is 0.116 e. The Kier molecular flexibility index (Phi) is 7.95. The minimum Gasteiger partial charge on any atom is -0.384 e. The molecule has 0 amide bonds. The molecule has 1 N–H and O–H groups in total. The van der Waals surface area contributed by atoms with Crippen LogP contribution >= 0.6 is 11.6 Å². The van der Waals surface area contributed by atoms with Gasteiger partial charge in [0.15, 0.2) is 0 Å². The Balaban J connectivity index is 0.000000500. The summed E-state index contributed by atoms with van der Waals surface area (Å²) < 4.78 is 0. The zero-order valence-electron chi connectivity index (χ0n) is 8.59. The van der Waals surface area contributed by atoms with Crippen LogP contribution in [0.1, 0.15) is 12.5 Å². The Morgan fingerprint density at radius 2 is 1.86 bits per heavy atom. The molecule has 0 unspecified atom stereocenters. The number of halogens is 1. The highest BCUT2D eigenvalue weighted by Crippen LogP contribution is 2.07. The van der Waals surface area contributed by atoms with Gasteiger partial charge in [-0.1, -0.05) is 17.7 Å². The van der Waals surface area contributed by atoms with Crippen molar-refractivity contribution in [3.05, 3.63) is 29.8 Å². The number of nitrogens with one attached hydrogen (secondary N) is 1. The van der Waals surface area contributed by atoms with Crippen LogP contribution in [0.15, 0.2) is 24.3 Å². The van der Waals surface area contributed by atoms with Crippen molar-refractivity contribution in [2.45, 2.75) is 13.8 Å². The number of hydrogen-bond donors (Lipinski definition) is 1. The molecule has 3 heteroatoms. The normalized spacial score (nSPS) is 8.50. The van der Waals surface area contributed by atoms with Crippen LogP contribution in [-0.2, 0) is 4.79 Å². The Morgan fingerprint density at radius 3 is 2.29 bits per heavy atom. The smallest absolute Gasteiger partial charge is 0.116 e. The van der Waals surface area contributed by atoms with Gasteiger partial charge in [0.2, 0.25) is 0 Å². The van der Waals surface area contributed by atoms with Crippen molar-refractivity contribution in [1.82, 2.24) is 0 Å². The molecule has 0 aromatic heterocycles. The molecule has 0 heterocycles. The van der Waals surface area contributed by atoms with Crippen LogP contribution in [0.2, 0.25) is 0 Å². The molecule has 1 rings (SSSR count). The van der Waals surface area contributed by atoms with Crippen LogP contribution < -0.4 is 5.32 Å². The van der Waals surface area contributed by atoms with Crippen molar-refractivity contribution >= 4 is 23.6 Å². The van der Waals surface area contributed by atoms with Crippen LogP contribution in [0.3, 0.4) is 0 Å². The fourth-order valence-corrected chi connectivity index (χ4v) is 0.957. The van der Waals surface area contributed by atoms with E-state index in [9.17, 15) is 0 Å². The standard InChI is InChI=1S/C9H12ClN.C2H4O/c1-8-2-4-9(5-3-8)11-7-6-10;1-2-3/h2-5,11H,6-7H2,1H3;2H,1H3. The average Bonchev–Trinajstić information content (AvgIpc) is 2.18. The van der Waals surface area contributed by atoms with Crippen molar-refractivity contribution < 1.29 is 4.79 Å². The SMILES string of the molecule is CC=O.Cc1ccc(NCCCl)cc1. The van der Waals surface area contributed by atoms with Gasteiger partial charge in [0.05, 0.1) is 0 Å². The molecule has 1 aromatic rings. The lowest BCUT2D eigenvalue weighted by molar-refractivity contribution is -0.106. The highest BCUT2D eigenvalue weighted by Gasteiger charge is 1.88. The van der Waals surface area contributed by atoms with Crippen molar-refractivity contribution in [3.63, 3.8) is 0 Å². The van der Waals surface area contributed by atoms with Gasteiger partial charge in [-0.2, -0.15) is 0 Å². The van der Waals surface area contributed by atoms with E-state index >= 15 is 0 Å². The van der Waals surface area contributed by atoms with Crippen LogP contribution in [0.25, 0.3) is 0 Å². The third-order valence-corrected chi connectivity index (χ3v) is 1.66. The summed E-state index contributed by atoms with van der Waals surface area (Å²) in [6, 6.07) is 8.27. The van der Waals surface area contributed by atoms with Gasteiger partial charge in [0.25, 0.3) is 0 Å². The lowest BCUT2D eigenvalue weighted by atomic mass is 10.2. The molecule has 2 nitrogen and oxygen atoms in total. The fraction of sp³-hybridized carbons (Fsp3) is 0.364. The first-order valence-electron chi connectivity index (χ1n) is 4.51. The number of aldehydes is 1. The summed E-state index contributed by atoms with van der Waals surface area (Å²) in [4.78, 5) is 8.81. The molecule has 0 aliphatic rings. The summed E-state index contributed by atoms with van der Waals surface area (Å²) in [6.45, 7) is 4.34. The lowest BCUT2D eigenvalue weighted by Crippen LogP contribution is -2.01. The van der Waals surface area contributed by atoms with E-state index in [0.717, 1.165) is 18.5 Å². The van der Waals surface area contributed by atoms with Crippen LogP contribution in [0.4, 0.5) is 5.69 Å². The summed E-state index contributed by atoms with van der Waals surface area (Å²) in [7, 11) is 0. The molecule has 0 aliphatic carbocycles. The highest BCUT2D eigenvalue weighted by atomic mass is 35.5. The maximum atomic E-state index is 8.81. The zero-order chi connectivity index (χ0) is 10.8. The molecule has 78 valence electrons. The first-order chi connectivity index (χ1) is 6.74. The molecule has 0 atom stereocenters. The largest absolute Gasteiger partial charge is 0.384 e. The van der Waals surface area contributed by atoms with Gasteiger partial charge in [-0.15, -0.1) is 11.6 Å². The molecule has 0 radical (unpaired) electrons. The van der Waals surface area contributed by atoms with Gasteiger partial charge >= 0.3 is 0 Å². The van der Waals surface area contributed by atoms with E-state index < -0.39 is 0 Å². The number of anilines is 1. The minimum absolute atomic E-state index is 0.647. The highest BCUT2D eigenvalue weighted by molar-refractivity contribution is 6.18. The molecule has 14 heavy (non-hydrogen) atoms. The van der Waals surface area contributed by atoms with Crippen LogP contribution in [0, 0.1) is 6.92 Å². The quantitative estimate of drug-likeness (QED) is 0.618. The summed E-state index contributed by atoms with van der Waals surface area (Å²) in [5.74, 6) is 0.647. The molecular formula is C11H16ClNO. The number of alkyl halides is 1. The predicted octanol–water partition coefficient (Wildman–Crippen LogP) is 2.85. The van der Waals surface area contributed by atoms with Gasteiger partial charge in [-0.3, -0.25) is 0 Å². The Bertz CT molecular complexity index is 246. The first kappa shape index (κ1) is 13.0. The van der Waals surface area contributed by atoms with Gasteiger partial charge in [-0.25, -0.2) is 0 Å². The van der Waals surface area contributed by atoms with Crippen molar-refractivity contribution in [2.75, 3.05) is 17.7 Å². The molecule has 1 aromatic carbocycles. The molecular weight excluding hydrogens is 198 g/mol. The van der Waals surface area contributed by atoms with E-state index in [0.29, 0.717) is 5.88 Å². The molecule has 0 aliphatic heterocycles.